The van der Waals surface area contributed by atoms with Crippen molar-refractivity contribution in [2.45, 2.75) is 25.7 Å². The molecule has 0 saturated carbocycles. The Bertz CT molecular complexity index is 686. The van der Waals surface area contributed by atoms with Gasteiger partial charge in [0.25, 0.3) is 0 Å². The Balaban J connectivity index is 1.75. The number of hydrogen-bond acceptors (Lipinski definition) is 4. The molecular formula is C16H21ClN2O3S. The highest BCUT2D eigenvalue weighted by Gasteiger charge is 2.33. The van der Waals surface area contributed by atoms with Crippen molar-refractivity contribution in [3.8, 4) is 0 Å². The summed E-state index contributed by atoms with van der Waals surface area (Å²) in [5.41, 5.74) is 1.97. The Morgan fingerprint density at radius 1 is 1.13 bits per heavy atom. The smallest absolute Gasteiger partial charge is 0.232 e. The number of carbonyl (C=O) groups excluding carboxylic acids is 1. The zero-order chi connectivity index (χ0) is 16.4. The van der Waals surface area contributed by atoms with Crippen LogP contribution in [0.15, 0.2) is 24.3 Å². The summed E-state index contributed by atoms with van der Waals surface area (Å²) in [7, 11) is 1.74. The first kappa shape index (κ1) is 16.6. The number of hydrogen-bond donors (Lipinski definition) is 0. The van der Waals surface area contributed by atoms with Gasteiger partial charge in [-0.3, -0.25) is 4.79 Å². The number of anilines is 2. The number of benzene rings is 1. The molecule has 0 radical (unpaired) electrons. The molecule has 7 heteroatoms. The van der Waals surface area contributed by atoms with Gasteiger partial charge in [-0.25, -0.2) is 8.42 Å². The molecule has 0 aromatic heterocycles. The van der Waals surface area contributed by atoms with Gasteiger partial charge in [-0.05, 0) is 37.5 Å². The van der Waals surface area contributed by atoms with E-state index < -0.39 is 9.05 Å². The second-order valence-electron chi connectivity index (χ2n) is 6.35. The van der Waals surface area contributed by atoms with Crippen molar-refractivity contribution in [2.24, 2.45) is 5.92 Å². The van der Waals surface area contributed by atoms with Crippen LogP contribution in [-0.4, -0.2) is 39.7 Å². The van der Waals surface area contributed by atoms with Gasteiger partial charge in [-0.15, -0.1) is 0 Å². The van der Waals surface area contributed by atoms with E-state index in [2.05, 4.69) is 11.0 Å². The van der Waals surface area contributed by atoms with E-state index in [0.717, 1.165) is 24.5 Å². The Kier molecular flexibility index (Phi) is 4.82. The monoisotopic (exact) mass is 356 g/mol. The number of nitrogens with zero attached hydrogens (tertiary/aromatic N) is 2. The molecule has 23 heavy (non-hydrogen) atoms. The first-order chi connectivity index (χ1) is 10.9. The van der Waals surface area contributed by atoms with Gasteiger partial charge < -0.3 is 9.80 Å². The van der Waals surface area contributed by atoms with Gasteiger partial charge in [0.15, 0.2) is 0 Å². The normalized spacial score (nSPS) is 22.7. The van der Waals surface area contributed by atoms with Crippen LogP contribution in [0.1, 0.15) is 25.7 Å². The van der Waals surface area contributed by atoms with Crippen LogP contribution in [0.3, 0.4) is 0 Å². The van der Waals surface area contributed by atoms with Crippen LogP contribution in [-0.2, 0) is 13.8 Å². The molecule has 2 aliphatic heterocycles. The SMILES string of the molecule is O=C1CC(CS(=O)(=O)Cl)CN1c1cccc(N2CCCCC2)c1. The maximum atomic E-state index is 12.2. The fourth-order valence-electron chi connectivity index (χ4n) is 3.43. The van der Waals surface area contributed by atoms with E-state index in [1.54, 1.807) is 4.90 Å². The maximum Gasteiger partial charge on any atom is 0.232 e. The molecule has 126 valence electrons. The number of piperidine rings is 1. The van der Waals surface area contributed by atoms with E-state index in [4.69, 9.17) is 10.7 Å². The first-order valence-electron chi connectivity index (χ1n) is 8.00. The highest BCUT2D eigenvalue weighted by Crippen LogP contribution is 2.30. The van der Waals surface area contributed by atoms with Gasteiger partial charge >= 0.3 is 0 Å². The third kappa shape index (κ3) is 4.18. The average Bonchev–Trinajstić information content (AvgIpc) is 2.87. The number of halogens is 1. The van der Waals surface area contributed by atoms with Crippen LogP contribution < -0.4 is 9.80 Å². The maximum absolute atomic E-state index is 12.2. The van der Waals surface area contributed by atoms with E-state index in [0.29, 0.717) is 6.54 Å². The van der Waals surface area contributed by atoms with Crippen LogP contribution in [0.4, 0.5) is 11.4 Å². The van der Waals surface area contributed by atoms with E-state index >= 15 is 0 Å². The first-order valence-corrected chi connectivity index (χ1v) is 10.5. The third-order valence-corrected chi connectivity index (χ3v) is 5.75. The molecule has 1 unspecified atom stereocenters. The molecule has 1 atom stereocenters. The molecule has 0 N–H and O–H groups in total. The summed E-state index contributed by atoms with van der Waals surface area (Å²) < 4.78 is 22.5. The van der Waals surface area contributed by atoms with E-state index in [1.807, 2.05) is 18.2 Å². The van der Waals surface area contributed by atoms with Crippen molar-refractivity contribution in [2.75, 3.05) is 35.2 Å². The van der Waals surface area contributed by atoms with Crippen LogP contribution in [0.25, 0.3) is 0 Å². The van der Waals surface area contributed by atoms with Gasteiger partial charge in [0.05, 0.1) is 5.75 Å². The molecule has 2 aliphatic rings. The minimum absolute atomic E-state index is 0.0360. The second-order valence-corrected chi connectivity index (χ2v) is 9.17. The third-order valence-electron chi connectivity index (χ3n) is 4.50. The van der Waals surface area contributed by atoms with Gasteiger partial charge in [-0.2, -0.15) is 0 Å². The minimum atomic E-state index is -3.58. The number of carbonyl (C=O) groups is 1. The van der Waals surface area contributed by atoms with Gasteiger partial charge in [-0.1, -0.05) is 6.07 Å². The summed E-state index contributed by atoms with van der Waals surface area (Å²) in [6.45, 7) is 2.50. The molecule has 2 saturated heterocycles. The summed E-state index contributed by atoms with van der Waals surface area (Å²) in [5.74, 6) is -0.419. The lowest BCUT2D eigenvalue weighted by Crippen LogP contribution is -2.30. The van der Waals surface area contributed by atoms with Gasteiger partial charge in [0, 0.05) is 54.0 Å². The number of amides is 1. The van der Waals surface area contributed by atoms with Crippen LogP contribution >= 0.6 is 10.7 Å². The Hall–Kier alpha value is -1.27. The molecule has 1 aromatic carbocycles. The molecule has 1 amide bonds. The van der Waals surface area contributed by atoms with Crippen LogP contribution in [0.2, 0.25) is 0 Å². The van der Waals surface area contributed by atoms with Gasteiger partial charge in [0.2, 0.25) is 15.0 Å². The Morgan fingerprint density at radius 2 is 1.83 bits per heavy atom. The highest BCUT2D eigenvalue weighted by atomic mass is 35.7. The van der Waals surface area contributed by atoms with Crippen LogP contribution in [0.5, 0.6) is 0 Å². The van der Waals surface area contributed by atoms with Crippen molar-refractivity contribution < 1.29 is 13.2 Å². The Morgan fingerprint density at radius 3 is 2.52 bits per heavy atom. The number of rotatable bonds is 4. The van der Waals surface area contributed by atoms with E-state index in [9.17, 15) is 13.2 Å². The molecule has 0 aliphatic carbocycles. The minimum Gasteiger partial charge on any atom is -0.371 e. The predicted octanol–water partition coefficient (Wildman–Crippen LogP) is 2.60. The summed E-state index contributed by atoms with van der Waals surface area (Å²) in [6.07, 6.45) is 3.90. The fraction of sp³-hybridized carbons (Fsp3) is 0.562. The standard InChI is InChI=1S/C16H21ClN2O3S/c17-23(21,22)12-13-9-16(20)19(11-13)15-6-4-5-14(10-15)18-7-2-1-3-8-18/h4-6,10,13H,1-3,7-9,11-12H2. The summed E-state index contributed by atoms with van der Waals surface area (Å²) in [4.78, 5) is 16.3. The largest absolute Gasteiger partial charge is 0.371 e. The Labute approximate surface area is 141 Å². The highest BCUT2D eigenvalue weighted by molar-refractivity contribution is 8.13. The lowest BCUT2D eigenvalue weighted by atomic mass is 10.1. The van der Waals surface area contributed by atoms with Crippen molar-refractivity contribution in [1.29, 1.82) is 0 Å². The van der Waals surface area contributed by atoms with Crippen molar-refractivity contribution in [3.05, 3.63) is 24.3 Å². The van der Waals surface area contributed by atoms with Crippen molar-refractivity contribution >= 4 is 37.0 Å². The molecule has 0 bridgehead atoms. The van der Waals surface area contributed by atoms with E-state index in [1.165, 1.54) is 19.3 Å². The molecule has 5 nitrogen and oxygen atoms in total. The van der Waals surface area contributed by atoms with Crippen molar-refractivity contribution in [1.82, 2.24) is 0 Å². The second kappa shape index (κ2) is 6.69. The van der Waals surface area contributed by atoms with Gasteiger partial charge in [0.1, 0.15) is 0 Å². The predicted molar refractivity (Wildman–Crippen MR) is 92.6 cm³/mol. The molecule has 2 heterocycles. The van der Waals surface area contributed by atoms with Crippen molar-refractivity contribution in [3.63, 3.8) is 0 Å². The summed E-state index contributed by atoms with van der Waals surface area (Å²) >= 11 is 0. The zero-order valence-corrected chi connectivity index (χ0v) is 14.5. The lowest BCUT2D eigenvalue weighted by Gasteiger charge is -2.29. The molecule has 1 aromatic rings. The molecule has 2 fully saturated rings. The topological polar surface area (TPSA) is 57.7 Å². The fourth-order valence-corrected chi connectivity index (χ4v) is 4.75. The zero-order valence-electron chi connectivity index (χ0n) is 12.9. The quantitative estimate of drug-likeness (QED) is 0.778. The summed E-state index contributed by atoms with van der Waals surface area (Å²) in [6, 6.07) is 7.96. The lowest BCUT2D eigenvalue weighted by molar-refractivity contribution is -0.117. The molecular weight excluding hydrogens is 336 g/mol. The molecule has 3 rings (SSSR count). The average molecular weight is 357 g/mol. The molecule has 0 spiro atoms. The van der Waals surface area contributed by atoms with E-state index in [-0.39, 0.29) is 24.0 Å². The van der Waals surface area contributed by atoms with Crippen LogP contribution in [0, 0.1) is 5.92 Å². The summed E-state index contributed by atoms with van der Waals surface area (Å²) in [5, 5.41) is 0.